The first kappa shape index (κ1) is 18.3. The molecule has 0 saturated carbocycles. The van der Waals surface area contributed by atoms with E-state index >= 15 is 0 Å². The summed E-state index contributed by atoms with van der Waals surface area (Å²) in [7, 11) is 0. The molecule has 0 aliphatic rings. The monoisotopic (exact) mass is 347 g/mol. The standard InChI is InChI=1S/C17H18FN3O4/c1-10(9-15(22)11-5-7-12(18)8-6-11)20-17(23)16-13(19)3-2-4-14(16)21(24)25/h2-8,10,15,22H,9,19H2,1H3,(H,20,23). The van der Waals surface area contributed by atoms with Gasteiger partial charge in [0.25, 0.3) is 11.6 Å². The molecule has 2 aromatic carbocycles. The van der Waals surface area contributed by atoms with Gasteiger partial charge in [0.05, 0.1) is 16.7 Å². The lowest BCUT2D eigenvalue weighted by molar-refractivity contribution is -0.385. The van der Waals surface area contributed by atoms with Crippen molar-refractivity contribution in [1.29, 1.82) is 0 Å². The summed E-state index contributed by atoms with van der Waals surface area (Å²) in [5.74, 6) is -1.10. The van der Waals surface area contributed by atoms with Gasteiger partial charge in [-0.25, -0.2) is 4.39 Å². The van der Waals surface area contributed by atoms with Gasteiger partial charge in [-0.3, -0.25) is 14.9 Å². The molecule has 0 radical (unpaired) electrons. The Labute approximate surface area is 143 Å². The van der Waals surface area contributed by atoms with E-state index in [4.69, 9.17) is 5.73 Å². The summed E-state index contributed by atoms with van der Waals surface area (Å²) in [6, 6.07) is 8.87. The van der Waals surface area contributed by atoms with Crippen LogP contribution in [0, 0.1) is 15.9 Å². The minimum absolute atomic E-state index is 0.00187. The van der Waals surface area contributed by atoms with E-state index in [0.29, 0.717) is 5.56 Å². The highest BCUT2D eigenvalue weighted by atomic mass is 19.1. The molecular weight excluding hydrogens is 329 g/mol. The number of nitrogens with two attached hydrogens (primary N) is 1. The summed E-state index contributed by atoms with van der Waals surface area (Å²) < 4.78 is 12.9. The molecule has 4 N–H and O–H groups in total. The topological polar surface area (TPSA) is 118 Å². The van der Waals surface area contributed by atoms with Crippen LogP contribution in [0.5, 0.6) is 0 Å². The molecule has 0 aliphatic carbocycles. The van der Waals surface area contributed by atoms with Crippen molar-refractivity contribution >= 4 is 17.3 Å². The van der Waals surface area contributed by atoms with Crippen molar-refractivity contribution in [2.45, 2.75) is 25.5 Å². The van der Waals surface area contributed by atoms with Crippen LogP contribution in [0.4, 0.5) is 15.8 Å². The number of halogens is 1. The molecule has 25 heavy (non-hydrogen) atoms. The maximum Gasteiger partial charge on any atom is 0.284 e. The van der Waals surface area contributed by atoms with Crippen LogP contribution in [0.25, 0.3) is 0 Å². The third kappa shape index (κ3) is 4.51. The number of aliphatic hydroxyl groups is 1. The van der Waals surface area contributed by atoms with Crippen molar-refractivity contribution in [1.82, 2.24) is 5.32 Å². The summed E-state index contributed by atoms with van der Waals surface area (Å²) in [5.41, 5.74) is 5.60. The zero-order valence-electron chi connectivity index (χ0n) is 13.5. The number of nitro groups is 1. The molecule has 7 nitrogen and oxygen atoms in total. The van der Waals surface area contributed by atoms with Crippen LogP contribution in [0.15, 0.2) is 42.5 Å². The van der Waals surface area contributed by atoms with Gasteiger partial charge in [0.2, 0.25) is 0 Å². The Bertz CT molecular complexity index is 780. The molecule has 8 heteroatoms. The summed E-state index contributed by atoms with van der Waals surface area (Å²) in [6.07, 6.45) is -0.767. The molecule has 0 bridgehead atoms. The van der Waals surface area contributed by atoms with Gasteiger partial charge >= 0.3 is 0 Å². The molecule has 2 aromatic rings. The molecule has 2 unspecified atom stereocenters. The number of nitrogens with one attached hydrogen (secondary N) is 1. The fourth-order valence-corrected chi connectivity index (χ4v) is 2.47. The number of nitrogens with zero attached hydrogens (tertiary/aromatic N) is 1. The van der Waals surface area contributed by atoms with E-state index in [0.717, 1.165) is 0 Å². The number of hydrogen-bond acceptors (Lipinski definition) is 5. The second-order valence-corrected chi connectivity index (χ2v) is 5.68. The zero-order chi connectivity index (χ0) is 18.6. The molecule has 0 fully saturated rings. The summed E-state index contributed by atoms with van der Waals surface area (Å²) >= 11 is 0. The highest BCUT2D eigenvalue weighted by molar-refractivity contribution is 6.03. The van der Waals surface area contributed by atoms with Gasteiger partial charge in [0, 0.05) is 12.1 Å². The van der Waals surface area contributed by atoms with E-state index in [2.05, 4.69) is 5.32 Å². The van der Waals surface area contributed by atoms with Crippen LogP contribution in [-0.4, -0.2) is 22.0 Å². The molecule has 2 rings (SSSR count). The second-order valence-electron chi connectivity index (χ2n) is 5.68. The molecule has 0 spiro atoms. The van der Waals surface area contributed by atoms with E-state index in [1.807, 2.05) is 0 Å². The van der Waals surface area contributed by atoms with E-state index in [9.17, 15) is 24.4 Å². The maximum absolute atomic E-state index is 12.9. The van der Waals surface area contributed by atoms with Crippen molar-refractivity contribution in [2.24, 2.45) is 0 Å². The zero-order valence-corrected chi connectivity index (χ0v) is 13.5. The van der Waals surface area contributed by atoms with Crippen molar-refractivity contribution in [3.63, 3.8) is 0 Å². The normalized spacial score (nSPS) is 13.1. The summed E-state index contributed by atoms with van der Waals surface area (Å²) in [6.45, 7) is 1.65. The van der Waals surface area contributed by atoms with E-state index in [1.165, 1.54) is 42.5 Å². The number of carbonyl (C=O) groups excluding carboxylic acids is 1. The lowest BCUT2D eigenvalue weighted by Crippen LogP contribution is -2.34. The van der Waals surface area contributed by atoms with Crippen molar-refractivity contribution in [2.75, 3.05) is 5.73 Å². The molecule has 0 saturated heterocycles. The Morgan fingerprint density at radius 2 is 1.96 bits per heavy atom. The summed E-state index contributed by atoms with van der Waals surface area (Å²) in [5, 5.41) is 23.8. The largest absolute Gasteiger partial charge is 0.398 e. The maximum atomic E-state index is 12.9. The fraction of sp³-hybridized carbons (Fsp3) is 0.235. The Hall–Kier alpha value is -3.00. The predicted octanol–water partition coefficient (Wildman–Crippen LogP) is 2.56. The van der Waals surface area contributed by atoms with Crippen LogP contribution in [0.2, 0.25) is 0 Å². The molecule has 0 heterocycles. The first-order valence-corrected chi connectivity index (χ1v) is 7.57. The molecule has 0 aromatic heterocycles. The number of nitro benzene ring substituents is 1. The minimum atomic E-state index is -0.918. The number of rotatable bonds is 6. The molecular formula is C17H18FN3O4. The highest BCUT2D eigenvalue weighted by Crippen LogP contribution is 2.25. The van der Waals surface area contributed by atoms with Crippen LogP contribution in [0.3, 0.4) is 0 Å². The first-order valence-electron chi connectivity index (χ1n) is 7.57. The predicted molar refractivity (Wildman–Crippen MR) is 90.4 cm³/mol. The van der Waals surface area contributed by atoms with Crippen molar-refractivity contribution < 1.29 is 19.2 Å². The first-order chi connectivity index (χ1) is 11.8. The number of hydrogen-bond donors (Lipinski definition) is 3. The van der Waals surface area contributed by atoms with Gasteiger partial charge in [0.1, 0.15) is 11.4 Å². The Balaban J connectivity index is 2.08. The molecule has 132 valence electrons. The van der Waals surface area contributed by atoms with Crippen molar-refractivity contribution in [3.8, 4) is 0 Å². The van der Waals surface area contributed by atoms with Gasteiger partial charge in [-0.1, -0.05) is 18.2 Å². The molecule has 1 amide bonds. The van der Waals surface area contributed by atoms with Crippen LogP contribution in [0.1, 0.15) is 35.4 Å². The second kappa shape index (κ2) is 7.71. The third-order valence-corrected chi connectivity index (χ3v) is 3.71. The van der Waals surface area contributed by atoms with Crippen LogP contribution in [-0.2, 0) is 0 Å². The number of carbonyl (C=O) groups is 1. The van der Waals surface area contributed by atoms with E-state index in [-0.39, 0.29) is 23.4 Å². The third-order valence-electron chi connectivity index (χ3n) is 3.71. The molecule has 0 aliphatic heterocycles. The number of anilines is 1. The Kier molecular flexibility index (Phi) is 5.66. The lowest BCUT2D eigenvalue weighted by Gasteiger charge is -2.18. The van der Waals surface area contributed by atoms with E-state index < -0.39 is 28.8 Å². The quantitative estimate of drug-likeness (QED) is 0.421. The Morgan fingerprint density at radius 1 is 1.32 bits per heavy atom. The van der Waals surface area contributed by atoms with E-state index in [1.54, 1.807) is 6.92 Å². The van der Waals surface area contributed by atoms with Gasteiger partial charge in [-0.2, -0.15) is 0 Å². The number of benzene rings is 2. The van der Waals surface area contributed by atoms with Gasteiger partial charge < -0.3 is 16.2 Å². The number of amides is 1. The average molecular weight is 347 g/mol. The smallest absolute Gasteiger partial charge is 0.284 e. The SMILES string of the molecule is CC(CC(O)c1ccc(F)cc1)NC(=O)c1c(N)cccc1[N+](=O)[O-]. The average Bonchev–Trinajstić information content (AvgIpc) is 2.54. The number of nitrogen functional groups attached to an aromatic ring is 1. The highest BCUT2D eigenvalue weighted by Gasteiger charge is 2.24. The van der Waals surface area contributed by atoms with Crippen molar-refractivity contribution in [3.05, 3.63) is 69.5 Å². The fourth-order valence-electron chi connectivity index (χ4n) is 2.47. The Morgan fingerprint density at radius 3 is 2.56 bits per heavy atom. The van der Waals surface area contributed by atoms with Crippen LogP contribution < -0.4 is 11.1 Å². The number of aliphatic hydroxyl groups excluding tert-OH is 1. The minimum Gasteiger partial charge on any atom is -0.398 e. The van der Waals surface area contributed by atoms with Crippen LogP contribution >= 0.6 is 0 Å². The van der Waals surface area contributed by atoms with Gasteiger partial charge in [0.15, 0.2) is 0 Å². The van der Waals surface area contributed by atoms with Gasteiger partial charge in [-0.15, -0.1) is 0 Å². The molecule has 2 atom stereocenters. The van der Waals surface area contributed by atoms with Gasteiger partial charge in [-0.05, 0) is 37.1 Å². The summed E-state index contributed by atoms with van der Waals surface area (Å²) in [4.78, 5) is 22.7. The lowest BCUT2D eigenvalue weighted by atomic mass is 10.0.